The monoisotopic (exact) mass is 327 g/mol. The van der Waals surface area contributed by atoms with Gasteiger partial charge in [0.2, 0.25) is 0 Å². The van der Waals surface area contributed by atoms with E-state index in [0.717, 1.165) is 17.7 Å². The Bertz CT molecular complexity index is 559. The van der Waals surface area contributed by atoms with Crippen LogP contribution in [-0.4, -0.2) is 22.1 Å². The zero-order valence-corrected chi connectivity index (χ0v) is 12.4. The molecule has 0 saturated carbocycles. The van der Waals surface area contributed by atoms with Gasteiger partial charge in [0.25, 0.3) is 0 Å². The van der Waals surface area contributed by atoms with Crippen LogP contribution in [-0.2, 0) is 6.54 Å². The molecule has 0 spiro atoms. The van der Waals surface area contributed by atoms with Crippen molar-refractivity contribution >= 4 is 15.9 Å². The van der Waals surface area contributed by atoms with Gasteiger partial charge in [0.05, 0.1) is 24.2 Å². The molecule has 102 valence electrons. The highest BCUT2D eigenvalue weighted by atomic mass is 79.9. The summed E-state index contributed by atoms with van der Waals surface area (Å²) in [6.07, 6.45) is 2.81. The molecule has 2 aromatic rings. The molecule has 6 heteroatoms. The summed E-state index contributed by atoms with van der Waals surface area (Å²) < 4.78 is 20.1. The molecular weight excluding hydrogens is 313 g/mol. The van der Waals surface area contributed by atoms with Crippen LogP contribution < -0.4 is 4.74 Å². The van der Waals surface area contributed by atoms with Crippen molar-refractivity contribution in [3.8, 4) is 5.75 Å². The summed E-state index contributed by atoms with van der Waals surface area (Å²) in [4.78, 5) is 0.203. The Balaban J connectivity index is 2.12. The summed E-state index contributed by atoms with van der Waals surface area (Å²) >= 11 is 3.52. The Hall–Kier alpha value is -1.43. The van der Waals surface area contributed by atoms with Gasteiger partial charge in [-0.3, -0.25) is 0 Å². The molecule has 0 aliphatic rings. The molecule has 1 heterocycles. The van der Waals surface area contributed by atoms with Crippen molar-refractivity contribution in [2.75, 3.05) is 7.11 Å². The number of benzene rings is 1. The zero-order chi connectivity index (χ0) is 13.8. The van der Waals surface area contributed by atoms with E-state index in [-0.39, 0.29) is 16.4 Å². The van der Waals surface area contributed by atoms with Crippen molar-refractivity contribution in [2.24, 2.45) is 0 Å². The zero-order valence-electron chi connectivity index (χ0n) is 10.8. The molecule has 0 saturated heterocycles. The van der Waals surface area contributed by atoms with Crippen LogP contribution in [0.4, 0.5) is 4.39 Å². The van der Waals surface area contributed by atoms with Crippen LogP contribution in [0.25, 0.3) is 0 Å². The molecule has 1 aromatic carbocycles. The molecule has 0 amide bonds. The van der Waals surface area contributed by atoms with Crippen molar-refractivity contribution in [1.82, 2.24) is 15.0 Å². The lowest BCUT2D eigenvalue weighted by Gasteiger charge is -2.05. The number of hydrogen-bond acceptors (Lipinski definition) is 3. The predicted octanol–water partition coefficient (Wildman–Crippen LogP) is 3.32. The second-order valence-electron chi connectivity index (χ2n) is 4.19. The smallest absolute Gasteiger partial charge is 0.165 e. The Morgan fingerprint density at radius 1 is 1.47 bits per heavy atom. The van der Waals surface area contributed by atoms with Crippen LogP contribution >= 0.6 is 15.9 Å². The maximum atomic E-state index is 13.6. The highest BCUT2D eigenvalue weighted by Gasteiger charge is 2.10. The molecule has 0 radical (unpaired) electrons. The highest BCUT2D eigenvalue weighted by Crippen LogP contribution is 2.23. The maximum Gasteiger partial charge on any atom is 0.165 e. The minimum Gasteiger partial charge on any atom is -0.494 e. The van der Waals surface area contributed by atoms with Gasteiger partial charge in [-0.05, 0) is 24.1 Å². The third kappa shape index (κ3) is 3.32. The summed E-state index contributed by atoms with van der Waals surface area (Å²) in [6.45, 7) is 2.55. The number of rotatable bonds is 5. The number of alkyl halides is 1. The number of nitrogens with zero attached hydrogens (tertiary/aromatic N) is 3. The van der Waals surface area contributed by atoms with E-state index in [1.54, 1.807) is 10.7 Å². The van der Waals surface area contributed by atoms with Crippen LogP contribution in [0.15, 0.2) is 24.4 Å². The lowest BCUT2D eigenvalue weighted by molar-refractivity contribution is 0.386. The van der Waals surface area contributed by atoms with E-state index < -0.39 is 0 Å². The van der Waals surface area contributed by atoms with Crippen LogP contribution in [0.2, 0.25) is 0 Å². The van der Waals surface area contributed by atoms with Crippen molar-refractivity contribution < 1.29 is 9.13 Å². The second kappa shape index (κ2) is 6.14. The average Bonchev–Trinajstić information content (AvgIpc) is 2.86. The fourth-order valence-electron chi connectivity index (χ4n) is 1.74. The fourth-order valence-corrected chi connectivity index (χ4v) is 1.95. The van der Waals surface area contributed by atoms with Crippen LogP contribution in [0.1, 0.15) is 29.4 Å². The first-order valence-corrected chi connectivity index (χ1v) is 6.92. The number of aromatic nitrogens is 3. The first kappa shape index (κ1) is 14.0. The average molecular weight is 328 g/mol. The molecule has 1 atom stereocenters. The van der Waals surface area contributed by atoms with Crippen LogP contribution in [0, 0.1) is 5.82 Å². The van der Waals surface area contributed by atoms with Gasteiger partial charge in [-0.15, -0.1) is 5.10 Å². The highest BCUT2D eigenvalue weighted by molar-refractivity contribution is 9.09. The van der Waals surface area contributed by atoms with Crippen LogP contribution in [0.3, 0.4) is 0 Å². The predicted molar refractivity (Wildman–Crippen MR) is 74.0 cm³/mol. The van der Waals surface area contributed by atoms with Gasteiger partial charge in [0.15, 0.2) is 11.6 Å². The summed E-state index contributed by atoms with van der Waals surface area (Å²) in [5.74, 6) is -0.123. The van der Waals surface area contributed by atoms with Crippen molar-refractivity contribution in [1.29, 1.82) is 0 Å². The molecule has 1 aromatic heterocycles. The standard InChI is InChI=1S/C13H15BrFN3O/c1-3-10(14)12-8-18(17-16-12)7-9-4-5-13(19-2)11(15)6-9/h4-6,8,10H,3,7H2,1-2H3. The Labute approximate surface area is 119 Å². The SMILES string of the molecule is CCC(Br)c1cn(Cc2ccc(OC)c(F)c2)nn1. The van der Waals surface area contributed by atoms with E-state index >= 15 is 0 Å². The lowest BCUT2D eigenvalue weighted by Crippen LogP contribution is -2.01. The summed E-state index contributed by atoms with van der Waals surface area (Å²) in [5.41, 5.74) is 1.70. The van der Waals surface area contributed by atoms with Crippen molar-refractivity contribution in [3.63, 3.8) is 0 Å². The molecule has 0 N–H and O–H groups in total. The number of halogens is 2. The quantitative estimate of drug-likeness (QED) is 0.791. The van der Waals surface area contributed by atoms with E-state index in [1.165, 1.54) is 13.2 Å². The summed E-state index contributed by atoms with van der Waals surface area (Å²) in [5, 5.41) is 8.12. The minimum atomic E-state index is -0.368. The Morgan fingerprint density at radius 2 is 2.26 bits per heavy atom. The molecular formula is C13H15BrFN3O. The molecule has 1 unspecified atom stereocenters. The maximum absolute atomic E-state index is 13.6. The normalized spacial score (nSPS) is 12.4. The van der Waals surface area contributed by atoms with Gasteiger partial charge >= 0.3 is 0 Å². The van der Waals surface area contributed by atoms with Crippen molar-refractivity contribution in [2.45, 2.75) is 24.7 Å². The second-order valence-corrected chi connectivity index (χ2v) is 5.29. The van der Waals surface area contributed by atoms with Gasteiger partial charge < -0.3 is 4.74 Å². The van der Waals surface area contributed by atoms with E-state index in [4.69, 9.17) is 4.74 Å². The molecule has 0 aliphatic heterocycles. The van der Waals surface area contributed by atoms with Gasteiger partial charge in [-0.25, -0.2) is 9.07 Å². The molecule has 0 aliphatic carbocycles. The van der Waals surface area contributed by atoms with Crippen molar-refractivity contribution in [3.05, 3.63) is 41.5 Å². The van der Waals surface area contributed by atoms with Gasteiger partial charge in [0.1, 0.15) is 0 Å². The number of hydrogen-bond donors (Lipinski definition) is 0. The first-order valence-electron chi connectivity index (χ1n) is 6.00. The Morgan fingerprint density at radius 3 is 2.89 bits per heavy atom. The third-order valence-electron chi connectivity index (χ3n) is 2.80. The first-order chi connectivity index (χ1) is 9.13. The van der Waals surface area contributed by atoms with E-state index in [2.05, 4.69) is 33.2 Å². The van der Waals surface area contributed by atoms with Crippen LogP contribution in [0.5, 0.6) is 5.75 Å². The molecule has 4 nitrogen and oxygen atoms in total. The summed E-state index contributed by atoms with van der Waals surface area (Å²) in [6, 6.07) is 4.88. The summed E-state index contributed by atoms with van der Waals surface area (Å²) in [7, 11) is 1.45. The lowest BCUT2D eigenvalue weighted by atomic mass is 10.2. The van der Waals surface area contributed by atoms with Gasteiger partial charge in [0, 0.05) is 6.20 Å². The van der Waals surface area contributed by atoms with E-state index in [0.29, 0.717) is 6.54 Å². The number of ether oxygens (including phenoxy) is 1. The molecule has 0 fully saturated rings. The fraction of sp³-hybridized carbons (Fsp3) is 0.385. The molecule has 2 rings (SSSR count). The Kier molecular flexibility index (Phi) is 4.52. The van der Waals surface area contributed by atoms with E-state index in [9.17, 15) is 4.39 Å². The topological polar surface area (TPSA) is 39.9 Å². The third-order valence-corrected chi connectivity index (χ3v) is 3.91. The van der Waals surface area contributed by atoms with Gasteiger partial charge in [-0.1, -0.05) is 34.1 Å². The molecule has 19 heavy (non-hydrogen) atoms. The van der Waals surface area contributed by atoms with Gasteiger partial charge in [-0.2, -0.15) is 0 Å². The van der Waals surface area contributed by atoms with E-state index in [1.807, 2.05) is 12.3 Å². The minimum absolute atomic E-state index is 0.203. The number of methoxy groups -OCH3 is 1. The largest absolute Gasteiger partial charge is 0.494 e. The molecule has 0 bridgehead atoms.